The molecule has 2 nitrogen and oxygen atoms in total. The van der Waals surface area contributed by atoms with Gasteiger partial charge in [0.05, 0.1) is 6.10 Å². The van der Waals surface area contributed by atoms with Gasteiger partial charge >= 0.3 is 0 Å². The summed E-state index contributed by atoms with van der Waals surface area (Å²) < 4.78 is 5.73. The lowest BCUT2D eigenvalue weighted by molar-refractivity contribution is 0.0529. The van der Waals surface area contributed by atoms with Crippen LogP contribution in [0.15, 0.2) is 29.2 Å². The summed E-state index contributed by atoms with van der Waals surface area (Å²) >= 11 is 1.87. The Hall–Kier alpha value is -0.510. The standard InChI is InChI=1S/C12H17NOS/c1-3-15-11-6-4-10(5-7-11)12-8-13-9(2)14-12/h4-7,9,12-13H,3,8H2,1-2H3. The van der Waals surface area contributed by atoms with Crippen molar-refractivity contribution in [3.63, 3.8) is 0 Å². The zero-order valence-corrected chi connectivity index (χ0v) is 10.0. The van der Waals surface area contributed by atoms with Gasteiger partial charge in [0.15, 0.2) is 0 Å². The van der Waals surface area contributed by atoms with Gasteiger partial charge in [-0.15, -0.1) is 11.8 Å². The first-order chi connectivity index (χ1) is 7.29. The van der Waals surface area contributed by atoms with E-state index in [0.717, 1.165) is 12.3 Å². The van der Waals surface area contributed by atoms with Gasteiger partial charge in [-0.1, -0.05) is 19.1 Å². The quantitative estimate of drug-likeness (QED) is 0.796. The van der Waals surface area contributed by atoms with Crippen molar-refractivity contribution in [3.05, 3.63) is 29.8 Å². The molecule has 0 radical (unpaired) electrons. The monoisotopic (exact) mass is 223 g/mol. The predicted molar refractivity (Wildman–Crippen MR) is 64.1 cm³/mol. The van der Waals surface area contributed by atoms with Crippen LogP contribution in [0.5, 0.6) is 0 Å². The molecule has 0 aliphatic carbocycles. The van der Waals surface area contributed by atoms with Crippen molar-refractivity contribution in [2.45, 2.75) is 31.1 Å². The van der Waals surface area contributed by atoms with E-state index in [1.165, 1.54) is 10.5 Å². The molecular weight excluding hydrogens is 206 g/mol. The minimum atomic E-state index is 0.180. The summed E-state index contributed by atoms with van der Waals surface area (Å²) in [5.74, 6) is 1.12. The van der Waals surface area contributed by atoms with Crippen LogP contribution in [0.4, 0.5) is 0 Å². The van der Waals surface area contributed by atoms with Crippen LogP contribution in [0.2, 0.25) is 0 Å². The van der Waals surface area contributed by atoms with Crippen molar-refractivity contribution in [2.75, 3.05) is 12.3 Å². The maximum absolute atomic E-state index is 5.73. The lowest BCUT2D eigenvalue weighted by Crippen LogP contribution is -2.17. The first-order valence-electron chi connectivity index (χ1n) is 5.41. The molecule has 1 aliphatic rings. The summed E-state index contributed by atoms with van der Waals surface area (Å²) in [5.41, 5.74) is 1.27. The van der Waals surface area contributed by atoms with Crippen molar-refractivity contribution in [1.29, 1.82) is 0 Å². The number of nitrogens with one attached hydrogen (secondary N) is 1. The van der Waals surface area contributed by atoms with Crippen LogP contribution in [-0.2, 0) is 4.74 Å². The van der Waals surface area contributed by atoms with Gasteiger partial charge < -0.3 is 4.74 Å². The number of thioether (sulfide) groups is 1. The van der Waals surface area contributed by atoms with Gasteiger partial charge in [0.25, 0.3) is 0 Å². The highest BCUT2D eigenvalue weighted by molar-refractivity contribution is 7.99. The van der Waals surface area contributed by atoms with E-state index in [1.54, 1.807) is 0 Å². The Bertz CT molecular complexity index is 312. The number of ether oxygens (including phenoxy) is 1. The molecule has 1 aromatic carbocycles. The Labute approximate surface area is 95.4 Å². The van der Waals surface area contributed by atoms with E-state index in [1.807, 2.05) is 18.7 Å². The number of hydrogen-bond donors (Lipinski definition) is 1. The third kappa shape index (κ3) is 2.74. The number of rotatable bonds is 3. The van der Waals surface area contributed by atoms with E-state index in [-0.39, 0.29) is 12.3 Å². The molecule has 0 aromatic heterocycles. The molecule has 82 valence electrons. The lowest BCUT2D eigenvalue weighted by atomic mass is 10.1. The fourth-order valence-electron chi connectivity index (χ4n) is 1.76. The molecule has 2 unspecified atom stereocenters. The van der Waals surface area contributed by atoms with Crippen molar-refractivity contribution >= 4 is 11.8 Å². The second-order valence-corrected chi connectivity index (χ2v) is 5.01. The van der Waals surface area contributed by atoms with Crippen LogP contribution >= 0.6 is 11.8 Å². The lowest BCUT2D eigenvalue weighted by Gasteiger charge is -2.10. The highest BCUT2D eigenvalue weighted by Gasteiger charge is 2.22. The van der Waals surface area contributed by atoms with Gasteiger partial charge in [0.2, 0.25) is 0 Å². The van der Waals surface area contributed by atoms with Gasteiger partial charge in [-0.3, -0.25) is 5.32 Å². The van der Waals surface area contributed by atoms with Crippen LogP contribution in [0.25, 0.3) is 0 Å². The van der Waals surface area contributed by atoms with E-state index in [9.17, 15) is 0 Å². The average Bonchev–Trinajstić information content (AvgIpc) is 2.67. The molecule has 0 bridgehead atoms. The zero-order valence-electron chi connectivity index (χ0n) is 9.19. The maximum Gasteiger partial charge on any atom is 0.106 e. The zero-order chi connectivity index (χ0) is 10.7. The molecule has 0 amide bonds. The molecule has 1 N–H and O–H groups in total. The smallest absolute Gasteiger partial charge is 0.106 e. The second kappa shape index (κ2) is 5.01. The summed E-state index contributed by atoms with van der Waals surface area (Å²) in [7, 11) is 0. The van der Waals surface area contributed by atoms with E-state index in [4.69, 9.17) is 4.74 Å². The molecule has 3 heteroatoms. The van der Waals surface area contributed by atoms with Gasteiger partial charge in [-0.05, 0) is 30.4 Å². The second-order valence-electron chi connectivity index (χ2n) is 3.68. The minimum Gasteiger partial charge on any atom is -0.354 e. The minimum absolute atomic E-state index is 0.180. The van der Waals surface area contributed by atoms with Crippen molar-refractivity contribution in [1.82, 2.24) is 5.32 Å². The Balaban J connectivity index is 2.03. The Kier molecular flexibility index (Phi) is 3.67. The largest absolute Gasteiger partial charge is 0.354 e. The number of hydrogen-bond acceptors (Lipinski definition) is 3. The summed E-state index contributed by atoms with van der Waals surface area (Å²) in [6, 6.07) is 8.69. The Morgan fingerprint density at radius 1 is 1.40 bits per heavy atom. The molecule has 1 fully saturated rings. The van der Waals surface area contributed by atoms with E-state index in [2.05, 4.69) is 36.5 Å². The summed E-state index contributed by atoms with van der Waals surface area (Å²) in [6.45, 7) is 5.13. The van der Waals surface area contributed by atoms with Gasteiger partial charge in [-0.25, -0.2) is 0 Å². The normalized spacial score (nSPS) is 25.7. The van der Waals surface area contributed by atoms with Crippen LogP contribution in [0.1, 0.15) is 25.5 Å². The fourth-order valence-corrected chi connectivity index (χ4v) is 2.42. The molecule has 1 saturated heterocycles. The third-order valence-electron chi connectivity index (χ3n) is 2.52. The molecular formula is C12H17NOS. The summed E-state index contributed by atoms with van der Waals surface area (Å²) in [5, 5.41) is 3.28. The van der Waals surface area contributed by atoms with Crippen molar-refractivity contribution in [2.24, 2.45) is 0 Å². The first kappa shape index (κ1) is 11.0. The average molecular weight is 223 g/mol. The molecule has 0 spiro atoms. The van der Waals surface area contributed by atoms with Gasteiger partial charge in [-0.2, -0.15) is 0 Å². The molecule has 1 aliphatic heterocycles. The van der Waals surface area contributed by atoms with Gasteiger partial charge in [0.1, 0.15) is 6.23 Å². The highest BCUT2D eigenvalue weighted by atomic mass is 32.2. The molecule has 2 atom stereocenters. The molecule has 1 aromatic rings. The summed E-state index contributed by atoms with van der Waals surface area (Å²) in [4.78, 5) is 1.33. The van der Waals surface area contributed by atoms with Crippen LogP contribution in [-0.4, -0.2) is 18.5 Å². The van der Waals surface area contributed by atoms with Crippen LogP contribution < -0.4 is 5.32 Å². The topological polar surface area (TPSA) is 21.3 Å². The highest BCUT2D eigenvalue weighted by Crippen LogP contribution is 2.25. The van der Waals surface area contributed by atoms with E-state index >= 15 is 0 Å². The van der Waals surface area contributed by atoms with Crippen LogP contribution in [0.3, 0.4) is 0 Å². The predicted octanol–water partition coefficient (Wildman–Crippen LogP) is 2.81. The van der Waals surface area contributed by atoms with E-state index in [0.29, 0.717) is 0 Å². The molecule has 0 saturated carbocycles. The first-order valence-corrected chi connectivity index (χ1v) is 6.39. The molecule has 1 heterocycles. The maximum atomic E-state index is 5.73. The fraction of sp³-hybridized carbons (Fsp3) is 0.500. The van der Waals surface area contributed by atoms with Crippen molar-refractivity contribution < 1.29 is 4.74 Å². The molecule has 15 heavy (non-hydrogen) atoms. The Morgan fingerprint density at radius 3 is 2.67 bits per heavy atom. The van der Waals surface area contributed by atoms with Crippen molar-refractivity contribution in [3.8, 4) is 0 Å². The van der Waals surface area contributed by atoms with Crippen LogP contribution in [0, 0.1) is 0 Å². The molecule has 2 rings (SSSR count). The third-order valence-corrected chi connectivity index (χ3v) is 3.42. The Morgan fingerprint density at radius 2 is 2.13 bits per heavy atom. The van der Waals surface area contributed by atoms with Gasteiger partial charge in [0, 0.05) is 11.4 Å². The summed E-state index contributed by atoms with van der Waals surface area (Å²) in [6.07, 6.45) is 0.403. The SMILES string of the molecule is CCSc1ccc(C2CNC(C)O2)cc1. The number of benzene rings is 1. The van der Waals surface area contributed by atoms with E-state index < -0.39 is 0 Å².